The predicted octanol–water partition coefficient (Wildman–Crippen LogP) is 3.76. The van der Waals surface area contributed by atoms with Gasteiger partial charge in [0, 0.05) is 11.4 Å². The van der Waals surface area contributed by atoms with Crippen molar-refractivity contribution in [2.45, 2.75) is 18.4 Å². The van der Waals surface area contributed by atoms with Crippen LogP contribution in [0, 0.1) is 12.7 Å². The van der Waals surface area contributed by atoms with Crippen LogP contribution in [-0.2, 0) is 16.6 Å². The number of nitrogens with one attached hydrogen (secondary N) is 1. The lowest BCUT2D eigenvalue weighted by Crippen LogP contribution is -2.16. The minimum absolute atomic E-state index is 0.0833. The summed E-state index contributed by atoms with van der Waals surface area (Å²) >= 11 is 12.6. The molecule has 0 atom stereocenters. The van der Waals surface area contributed by atoms with Gasteiger partial charge in [-0.25, -0.2) is 12.8 Å². The number of hydrogen-bond donors (Lipinski definition) is 2. The zero-order chi connectivity index (χ0) is 15.8. The quantitative estimate of drug-likeness (QED) is 0.806. The number of hydrogen-bond acceptors (Lipinski definition) is 4. The summed E-state index contributed by atoms with van der Waals surface area (Å²) in [5.74, 6) is -0.796. The minimum Gasteiger partial charge on any atom is -0.326 e. The Hall–Kier alpha value is -0.860. The Labute approximate surface area is 135 Å². The van der Waals surface area contributed by atoms with Crippen molar-refractivity contribution in [1.29, 1.82) is 0 Å². The molecule has 21 heavy (non-hydrogen) atoms. The molecule has 114 valence electrons. The van der Waals surface area contributed by atoms with Gasteiger partial charge in [0.05, 0.1) is 15.7 Å². The normalized spacial score (nSPS) is 11.7. The van der Waals surface area contributed by atoms with Crippen LogP contribution in [0.4, 0.5) is 10.1 Å². The van der Waals surface area contributed by atoms with E-state index in [9.17, 15) is 12.8 Å². The maximum atomic E-state index is 13.3. The highest BCUT2D eigenvalue weighted by Crippen LogP contribution is 2.31. The zero-order valence-electron chi connectivity index (χ0n) is 10.8. The van der Waals surface area contributed by atoms with E-state index < -0.39 is 15.8 Å². The topological polar surface area (TPSA) is 72.2 Å². The standard InChI is InChI=1S/C12H11Cl2FN2O2S2/c1-6-5-20-10(4-16)12(6)21(18,19)17-7-2-8(13)11(15)9(14)3-7/h2-3,5,17H,4,16H2,1H3. The monoisotopic (exact) mass is 368 g/mol. The number of sulfonamides is 1. The van der Waals surface area contributed by atoms with E-state index in [2.05, 4.69) is 4.72 Å². The third-order valence-electron chi connectivity index (χ3n) is 2.68. The molecule has 4 nitrogen and oxygen atoms in total. The molecular weight excluding hydrogens is 358 g/mol. The maximum absolute atomic E-state index is 13.3. The largest absolute Gasteiger partial charge is 0.326 e. The molecule has 0 unspecified atom stereocenters. The van der Waals surface area contributed by atoms with E-state index >= 15 is 0 Å². The second kappa shape index (κ2) is 6.10. The van der Waals surface area contributed by atoms with Crippen molar-refractivity contribution in [2.24, 2.45) is 5.73 Å². The zero-order valence-corrected chi connectivity index (χ0v) is 13.9. The Morgan fingerprint density at radius 2 is 1.90 bits per heavy atom. The highest BCUT2D eigenvalue weighted by atomic mass is 35.5. The molecule has 2 rings (SSSR count). The van der Waals surface area contributed by atoms with E-state index in [1.807, 2.05) is 0 Å². The summed E-state index contributed by atoms with van der Waals surface area (Å²) in [7, 11) is -3.85. The number of rotatable bonds is 4. The average Bonchev–Trinajstić information content (AvgIpc) is 2.77. The van der Waals surface area contributed by atoms with Crippen molar-refractivity contribution in [2.75, 3.05) is 4.72 Å². The Morgan fingerprint density at radius 1 is 1.33 bits per heavy atom. The highest BCUT2D eigenvalue weighted by Gasteiger charge is 2.23. The molecule has 0 amide bonds. The first-order valence-corrected chi connectivity index (χ1v) is 8.82. The van der Waals surface area contributed by atoms with E-state index in [0.29, 0.717) is 10.4 Å². The molecule has 1 aromatic carbocycles. The summed E-state index contributed by atoms with van der Waals surface area (Å²) in [5, 5.41) is 1.18. The van der Waals surface area contributed by atoms with Gasteiger partial charge in [0.15, 0.2) is 5.82 Å². The number of thiophene rings is 1. The van der Waals surface area contributed by atoms with Gasteiger partial charge in [-0.15, -0.1) is 11.3 Å². The molecule has 0 spiro atoms. The van der Waals surface area contributed by atoms with Crippen LogP contribution in [0.15, 0.2) is 22.4 Å². The lowest BCUT2D eigenvalue weighted by atomic mass is 10.3. The molecule has 0 saturated heterocycles. The van der Waals surface area contributed by atoms with Gasteiger partial charge in [-0.3, -0.25) is 4.72 Å². The fourth-order valence-electron chi connectivity index (χ4n) is 1.81. The Kier molecular flexibility index (Phi) is 4.79. The van der Waals surface area contributed by atoms with Gasteiger partial charge >= 0.3 is 0 Å². The number of aryl methyl sites for hydroxylation is 1. The second-order valence-corrected chi connectivity index (χ2v) is 7.63. The number of halogens is 3. The number of anilines is 1. The van der Waals surface area contributed by atoms with Crippen LogP contribution < -0.4 is 10.5 Å². The van der Waals surface area contributed by atoms with Gasteiger partial charge in [0.25, 0.3) is 10.0 Å². The van der Waals surface area contributed by atoms with Crippen LogP contribution in [0.5, 0.6) is 0 Å². The van der Waals surface area contributed by atoms with E-state index in [0.717, 1.165) is 12.1 Å². The van der Waals surface area contributed by atoms with Crippen molar-refractivity contribution in [3.63, 3.8) is 0 Å². The van der Waals surface area contributed by atoms with Crippen molar-refractivity contribution < 1.29 is 12.8 Å². The van der Waals surface area contributed by atoms with Gasteiger partial charge in [-0.1, -0.05) is 23.2 Å². The third-order valence-corrected chi connectivity index (χ3v) is 6.10. The first kappa shape index (κ1) is 16.5. The van der Waals surface area contributed by atoms with Gasteiger partial charge in [-0.2, -0.15) is 0 Å². The summed E-state index contributed by atoms with van der Waals surface area (Å²) < 4.78 is 40.5. The molecule has 0 aliphatic rings. The molecule has 2 aromatic rings. The molecule has 1 aromatic heterocycles. The first-order chi connectivity index (χ1) is 9.76. The fraction of sp³-hybridized carbons (Fsp3) is 0.167. The number of nitrogens with two attached hydrogens (primary N) is 1. The van der Waals surface area contributed by atoms with Crippen LogP contribution >= 0.6 is 34.5 Å². The molecule has 0 bridgehead atoms. The molecule has 0 fully saturated rings. The molecule has 9 heteroatoms. The summed E-state index contributed by atoms with van der Waals surface area (Å²) in [6.45, 7) is 1.79. The molecule has 0 aliphatic carbocycles. The Morgan fingerprint density at radius 3 is 2.43 bits per heavy atom. The Bertz CT molecular complexity index is 768. The Balaban J connectivity index is 2.45. The van der Waals surface area contributed by atoms with E-state index in [-0.39, 0.29) is 27.2 Å². The lowest BCUT2D eigenvalue weighted by molar-refractivity contribution is 0.600. The summed E-state index contributed by atoms with van der Waals surface area (Å²) in [4.78, 5) is 0.672. The van der Waals surface area contributed by atoms with E-state index in [1.54, 1.807) is 12.3 Å². The van der Waals surface area contributed by atoms with Gasteiger partial charge in [0.2, 0.25) is 0 Å². The van der Waals surface area contributed by atoms with Crippen molar-refractivity contribution in [3.05, 3.63) is 43.8 Å². The lowest BCUT2D eigenvalue weighted by Gasteiger charge is -2.11. The van der Waals surface area contributed by atoms with Gasteiger partial charge < -0.3 is 5.73 Å². The second-order valence-electron chi connectivity index (χ2n) is 4.23. The maximum Gasteiger partial charge on any atom is 0.263 e. The summed E-state index contributed by atoms with van der Waals surface area (Å²) in [6.07, 6.45) is 0. The van der Waals surface area contributed by atoms with E-state index in [4.69, 9.17) is 28.9 Å². The molecule has 0 aliphatic heterocycles. The highest BCUT2D eigenvalue weighted by molar-refractivity contribution is 7.93. The molecule has 0 saturated carbocycles. The van der Waals surface area contributed by atoms with Crippen LogP contribution in [-0.4, -0.2) is 8.42 Å². The minimum atomic E-state index is -3.85. The van der Waals surface area contributed by atoms with Crippen molar-refractivity contribution in [1.82, 2.24) is 0 Å². The van der Waals surface area contributed by atoms with Crippen LogP contribution in [0.3, 0.4) is 0 Å². The average molecular weight is 369 g/mol. The SMILES string of the molecule is Cc1csc(CN)c1S(=O)(=O)Nc1cc(Cl)c(F)c(Cl)c1. The number of benzene rings is 1. The van der Waals surface area contributed by atoms with Gasteiger partial charge in [0.1, 0.15) is 4.90 Å². The smallest absolute Gasteiger partial charge is 0.263 e. The van der Waals surface area contributed by atoms with Gasteiger partial charge in [-0.05, 0) is 30.0 Å². The molecule has 3 N–H and O–H groups in total. The summed E-state index contributed by atoms with van der Waals surface area (Å²) in [5.41, 5.74) is 6.22. The van der Waals surface area contributed by atoms with Crippen molar-refractivity contribution in [3.8, 4) is 0 Å². The molecule has 0 radical (unpaired) electrons. The molecule has 1 heterocycles. The third kappa shape index (κ3) is 3.32. The van der Waals surface area contributed by atoms with Crippen LogP contribution in [0.25, 0.3) is 0 Å². The van der Waals surface area contributed by atoms with Crippen LogP contribution in [0.1, 0.15) is 10.4 Å². The first-order valence-electron chi connectivity index (χ1n) is 5.70. The fourth-order valence-corrected chi connectivity index (χ4v) is 5.04. The summed E-state index contributed by atoms with van der Waals surface area (Å²) in [6, 6.07) is 2.31. The molecular formula is C12H11Cl2FN2O2S2. The van der Waals surface area contributed by atoms with E-state index in [1.165, 1.54) is 11.3 Å². The predicted molar refractivity (Wildman–Crippen MR) is 84.2 cm³/mol. The van der Waals surface area contributed by atoms with Crippen LogP contribution in [0.2, 0.25) is 10.0 Å². The van der Waals surface area contributed by atoms with Crippen molar-refractivity contribution >= 4 is 50.2 Å².